The summed E-state index contributed by atoms with van der Waals surface area (Å²) in [5.74, 6) is 1.58. The molecule has 2 fully saturated rings. The minimum Gasteiger partial charge on any atom is -0.497 e. The predicted molar refractivity (Wildman–Crippen MR) is 99.3 cm³/mol. The van der Waals surface area contributed by atoms with Gasteiger partial charge in [0.15, 0.2) is 0 Å². The van der Waals surface area contributed by atoms with Crippen LogP contribution >= 0.6 is 0 Å². The van der Waals surface area contributed by atoms with Gasteiger partial charge in [0.25, 0.3) is 0 Å². The third-order valence-corrected chi connectivity index (χ3v) is 5.75. The summed E-state index contributed by atoms with van der Waals surface area (Å²) in [5, 5.41) is 0. The number of ether oxygens (including phenoxy) is 1. The van der Waals surface area contributed by atoms with Crippen molar-refractivity contribution < 1.29 is 14.0 Å². The van der Waals surface area contributed by atoms with E-state index in [1.807, 2.05) is 0 Å². The molecule has 0 N–H and O–H groups in total. The highest BCUT2D eigenvalue weighted by Crippen LogP contribution is 2.37. The Morgan fingerprint density at radius 3 is 2.42 bits per heavy atom. The fourth-order valence-corrected chi connectivity index (χ4v) is 3.49. The highest BCUT2D eigenvalue weighted by atomic mass is 16.7. The van der Waals surface area contributed by atoms with Crippen molar-refractivity contribution in [2.24, 2.45) is 5.92 Å². The Labute approximate surface area is 146 Å². The van der Waals surface area contributed by atoms with E-state index in [2.05, 4.69) is 57.7 Å². The summed E-state index contributed by atoms with van der Waals surface area (Å²) < 4.78 is 18.0. The van der Waals surface area contributed by atoms with Gasteiger partial charge in [-0.15, -0.1) is 0 Å². The molecule has 3 rings (SSSR count). The van der Waals surface area contributed by atoms with E-state index < -0.39 is 0 Å². The zero-order valence-corrected chi connectivity index (χ0v) is 15.9. The topological polar surface area (TPSA) is 30.9 Å². The lowest BCUT2D eigenvalue weighted by Gasteiger charge is -2.33. The fourth-order valence-electron chi connectivity index (χ4n) is 3.49. The lowest BCUT2D eigenvalue weighted by molar-refractivity contribution is 0.00578. The molecule has 0 bridgehead atoms. The van der Waals surface area contributed by atoms with E-state index in [0.29, 0.717) is 0 Å². The average Bonchev–Trinajstić information content (AvgIpc) is 2.74. The van der Waals surface area contributed by atoms with Crippen LogP contribution in [0.4, 0.5) is 5.69 Å². The summed E-state index contributed by atoms with van der Waals surface area (Å²) in [6.07, 6.45) is 2.57. The van der Waals surface area contributed by atoms with Gasteiger partial charge in [-0.3, -0.25) is 0 Å². The van der Waals surface area contributed by atoms with Crippen molar-refractivity contribution in [1.29, 1.82) is 0 Å². The lowest BCUT2D eigenvalue weighted by Crippen LogP contribution is -2.41. The van der Waals surface area contributed by atoms with Gasteiger partial charge >= 0.3 is 7.12 Å². The van der Waals surface area contributed by atoms with Crippen LogP contribution in [0.15, 0.2) is 18.2 Å². The van der Waals surface area contributed by atoms with Crippen molar-refractivity contribution in [2.75, 3.05) is 25.1 Å². The Bertz CT molecular complexity index is 586. The van der Waals surface area contributed by atoms with Crippen LogP contribution in [0.2, 0.25) is 0 Å². The van der Waals surface area contributed by atoms with Crippen LogP contribution in [0.5, 0.6) is 5.75 Å². The summed E-state index contributed by atoms with van der Waals surface area (Å²) in [7, 11) is 1.33. The molecular formula is C19H30BNO3. The van der Waals surface area contributed by atoms with Crippen molar-refractivity contribution in [3.8, 4) is 5.75 Å². The van der Waals surface area contributed by atoms with E-state index in [1.165, 1.54) is 18.5 Å². The van der Waals surface area contributed by atoms with E-state index >= 15 is 0 Å². The van der Waals surface area contributed by atoms with Crippen LogP contribution in [0, 0.1) is 5.92 Å². The second-order valence-electron chi connectivity index (χ2n) is 8.21. The summed E-state index contributed by atoms with van der Waals surface area (Å²) in [4.78, 5) is 2.45. The number of benzene rings is 1. The van der Waals surface area contributed by atoms with E-state index in [4.69, 9.17) is 14.0 Å². The van der Waals surface area contributed by atoms with Gasteiger partial charge in [0.05, 0.1) is 18.3 Å². The summed E-state index contributed by atoms with van der Waals surface area (Å²) in [6, 6.07) is 6.38. The second kappa shape index (κ2) is 6.27. The largest absolute Gasteiger partial charge is 0.498 e. The minimum atomic E-state index is -0.390. The monoisotopic (exact) mass is 331 g/mol. The van der Waals surface area contributed by atoms with E-state index in [-0.39, 0.29) is 18.3 Å². The maximum Gasteiger partial charge on any atom is 0.498 e. The molecule has 24 heavy (non-hydrogen) atoms. The van der Waals surface area contributed by atoms with Gasteiger partial charge in [0.2, 0.25) is 0 Å². The molecule has 2 aliphatic heterocycles. The number of nitrogens with zero attached hydrogens (tertiary/aromatic N) is 1. The fraction of sp³-hybridized carbons (Fsp3) is 0.684. The minimum absolute atomic E-state index is 0.344. The Morgan fingerprint density at radius 1 is 1.17 bits per heavy atom. The number of rotatable bonds is 3. The number of anilines is 1. The summed E-state index contributed by atoms with van der Waals surface area (Å²) in [5.41, 5.74) is 1.50. The standard InChI is InChI=1S/C19H30BNO3/c1-14-8-7-11-21(13-14)15-9-10-16(17(12-15)22-6)20-23-18(2,3)19(4,5)24-20/h9-10,12,14H,7-8,11,13H2,1-6H3. The maximum atomic E-state index is 6.18. The molecule has 0 amide bonds. The quantitative estimate of drug-likeness (QED) is 0.796. The predicted octanol–water partition coefficient (Wildman–Crippen LogP) is 3.23. The zero-order chi connectivity index (χ0) is 17.5. The molecule has 2 heterocycles. The molecule has 0 aromatic heterocycles. The smallest absolute Gasteiger partial charge is 0.497 e. The number of methoxy groups -OCH3 is 1. The molecule has 1 aromatic carbocycles. The summed E-state index contributed by atoms with van der Waals surface area (Å²) >= 11 is 0. The molecular weight excluding hydrogens is 301 g/mol. The first-order valence-corrected chi connectivity index (χ1v) is 9.02. The van der Waals surface area contributed by atoms with Crippen LogP contribution in [0.3, 0.4) is 0 Å². The van der Waals surface area contributed by atoms with Crippen LogP contribution < -0.4 is 15.1 Å². The molecule has 0 saturated carbocycles. The average molecular weight is 331 g/mol. The van der Waals surface area contributed by atoms with E-state index in [1.54, 1.807) is 7.11 Å². The van der Waals surface area contributed by atoms with Crippen molar-refractivity contribution in [3.05, 3.63) is 18.2 Å². The van der Waals surface area contributed by atoms with Crippen LogP contribution in [-0.4, -0.2) is 38.5 Å². The lowest BCUT2D eigenvalue weighted by atomic mass is 9.78. The third kappa shape index (κ3) is 3.16. The van der Waals surface area contributed by atoms with Gasteiger partial charge in [-0.25, -0.2) is 0 Å². The molecule has 1 unspecified atom stereocenters. The number of hydrogen-bond acceptors (Lipinski definition) is 4. The maximum absolute atomic E-state index is 6.18. The molecule has 0 radical (unpaired) electrons. The van der Waals surface area contributed by atoms with Gasteiger partial charge in [-0.05, 0) is 52.5 Å². The Morgan fingerprint density at radius 2 is 1.83 bits per heavy atom. The van der Waals surface area contributed by atoms with Crippen molar-refractivity contribution in [3.63, 3.8) is 0 Å². The first kappa shape index (κ1) is 17.6. The van der Waals surface area contributed by atoms with Gasteiger partial charge in [-0.1, -0.05) is 13.0 Å². The molecule has 1 atom stereocenters. The second-order valence-corrected chi connectivity index (χ2v) is 8.21. The van der Waals surface area contributed by atoms with Crippen LogP contribution in [0.1, 0.15) is 47.5 Å². The Kier molecular flexibility index (Phi) is 4.60. The molecule has 0 aliphatic carbocycles. The highest BCUT2D eigenvalue weighted by Gasteiger charge is 2.52. The van der Waals surface area contributed by atoms with Gasteiger partial charge in [0.1, 0.15) is 5.75 Å². The molecule has 0 spiro atoms. The number of piperidine rings is 1. The SMILES string of the molecule is COc1cc(N2CCCC(C)C2)ccc1B1OC(C)(C)C(C)(C)O1. The Balaban J connectivity index is 1.85. The summed E-state index contributed by atoms with van der Waals surface area (Å²) in [6.45, 7) is 12.8. The van der Waals surface area contributed by atoms with Gasteiger partial charge in [-0.2, -0.15) is 0 Å². The molecule has 4 nitrogen and oxygen atoms in total. The molecule has 5 heteroatoms. The molecule has 2 aliphatic rings. The van der Waals surface area contributed by atoms with Crippen molar-refractivity contribution in [1.82, 2.24) is 0 Å². The molecule has 2 saturated heterocycles. The van der Waals surface area contributed by atoms with Crippen LogP contribution in [-0.2, 0) is 9.31 Å². The molecule has 132 valence electrons. The van der Waals surface area contributed by atoms with E-state index in [9.17, 15) is 0 Å². The van der Waals surface area contributed by atoms with Crippen molar-refractivity contribution >= 4 is 18.3 Å². The van der Waals surface area contributed by atoms with E-state index in [0.717, 1.165) is 30.2 Å². The first-order chi connectivity index (χ1) is 11.2. The Hall–Kier alpha value is -1.20. The normalized spacial score (nSPS) is 25.8. The van der Waals surface area contributed by atoms with Gasteiger partial charge in [0, 0.05) is 30.3 Å². The zero-order valence-electron chi connectivity index (χ0n) is 15.9. The number of hydrogen-bond donors (Lipinski definition) is 0. The highest BCUT2D eigenvalue weighted by molar-refractivity contribution is 6.63. The van der Waals surface area contributed by atoms with Crippen molar-refractivity contribution in [2.45, 2.75) is 58.7 Å². The molecule has 1 aromatic rings. The third-order valence-electron chi connectivity index (χ3n) is 5.75. The first-order valence-electron chi connectivity index (χ1n) is 9.02. The van der Waals surface area contributed by atoms with Gasteiger partial charge < -0.3 is 18.9 Å². The van der Waals surface area contributed by atoms with Crippen LogP contribution in [0.25, 0.3) is 0 Å².